The Morgan fingerprint density at radius 1 is 0.897 bits per heavy atom. The summed E-state index contributed by atoms with van der Waals surface area (Å²) in [5.74, 6) is 0. The maximum atomic E-state index is 13.7. The van der Waals surface area contributed by atoms with Crippen molar-refractivity contribution in [3.63, 3.8) is 0 Å². The highest BCUT2D eigenvalue weighted by molar-refractivity contribution is 7.89. The van der Waals surface area contributed by atoms with Gasteiger partial charge in [0.1, 0.15) is 6.04 Å². The zero-order valence-corrected chi connectivity index (χ0v) is 17.3. The lowest BCUT2D eigenvalue weighted by atomic mass is 9.93. The summed E-state index contributed by atoms with van der Waals surface area (Å²) in [5, 5.41) is 0. The predicted molar refractivity (Wildman–Crippen MR) is 113 cm³/mol. The van der Waals surface area contributed by atoms with Crippen molar-refractivity contribution < 1.29 is 13.3 Å². The fourth-order valence-corrected chi connectivity index (χ4v) is 6.50. The van der Waals surface area contributed by atoms with Gasteiger partial charge in [0.2, 0.25) is 10.0 Å². The van der Waals surface area contributed by atoms with Crippen LogP contribution in [-0.4, -0.2) is 25.8 Å². The number of nitrogens with one attached hydrogen (secondary N) is 1. The molecule has 5 heteroatoms. The number of fused-ring (bicyclic) bond motifs is 3. The Morgan fingerprint density at radius 3 is 2.34 bits per heavy atom. The first-order valence-corrected chi connectivity index (χ1v) is 11.6. The molecule has 1 saturated heterocycles. The molecule has 0 bridgehead atoms. The van der Waals surface area contributed by atoms with Crippen LogP contribution in [0.15, 0.2) is 83.8 Å². The molecule has 0 aliphatic carbocycles. The molecule has 2 heterocycles. The first kappa shape index (κ1) is 18.6. The number of rotatable bonds is 3. The van der Waals surface area contributed by atoms with Crippen LogP contribution < -0.4 is 4.90 Å². The van der Waals surface area contributed by atoms with Crippen LogP contribution in [0.3, 0.4) is 0 Å². The van der Waals surface area contributed by atoms with Gasteiger partial charge < -0.3 is 4.90 Å². The SMILES string of the molecule is Cc1ccc(S(=O)(=O)N2C[C@H]3c4ccccc4CC[NH+]3[C@@H]2c2ccccc2)cc1. The second kappa shape index (κ2) is 7.10. The molecule has 5 rings (SSSR count). The lowest BCUT2D eigenvalue weighted by Crippen LogP contribution is -3.12. The zero-order chi connectivity index (χ0) is 20.0. The fourth-order valence-electron chi connectivity index (χ4n) is 4.87. The Morgan fingerprint density at radius 2 is 1.59 bits per heavy atom. The van der Waals surface area contributed by atoms with E-state index in [2.05, 4.69) is 36.4 Å². The third-order valence-corrected chi connectivity index (χ3v) is 8.15. The number of hydrogen-bond donors (Lipinski definition) is 1. The molecule has 1 fully saturated rings. The minimum absolute atomic E-state index is 0.158. The highest BCUT2D eigenvalue weighted by atomic mass is 32.2. The van der Waals surface area contributed by atoms with E-state index in [4.69, 9.17) is 0 Å². The quantitative estimate of drug-likeness (QED) is 0.728. The maximum Gasteiger partial charge on any atom is 0.248 e. The van der Waals surface area contributed by atoms with Gasteiger partial charge in [-0.1, -0.05) is 72.3 Å². The Hall–Kier alpha value is -2.47. The van der Waals surface area contributed by atoms with Crippen molar-refractivity contribution in [1.82, 2.24) is 4.31 Å². The van der Waals surface area contributed by atoms with E-state index < -0.39 is 10.0 Å². The van der Waals surface area contributed by atoms with Crippen LogP contribution in [0.25, 0.3) is 0 Å². The van der Waals surface area contributed by atoms with Crippen molar-refractivity contribution in [2.45, 2.75) is 30.4 Å². The standard InChI is InChI=1S/C24H24N2O2S/c1-18-11-13-21(14-12-18)29(27,28)26-17-23-22-10-6-5-7-19(22)15-16-25(23)24(26)20-8-3-2-4-9-20/h2-14,23-24H,15-17H2,1H3/p+1/t23-,24-/m0/s1. The summed E-state index contributed by atoms with van der Waals surface area (Å²) in [6.45, 7) is 3.41. The van der Waals surface area contributed by atoms with Gasteiger partial charge in [0.05, 0.1) is 18.0 Å². The summed E-state index contributed by atoms with van der Waals surface area (Å²) in [4.78, 5) is 1.70. The molecule has 0 spiro atoms. The normalized spacial score (nSPS) is 24.1. The van der Waals surface area contributed by atoms with Crippen LogP contribution in [0.2, 0.25) is 0 Å². The molecule has 1 N–H and O–H groups in total. The number of hydrogen-bond acceptors (Lipinski definition) is 2. The van der Waals surface area contributed by atoms with E-state index in [9.17, 15) is 8.42 Å². The smallest absolute Gasteiger partial charge is 0.248 e. The van der Waals surface area contributed by atoms with Gasteiger partial charge in [0, 0.05) is 17.5 Å². The molecule has 1 unspecified atom stereocenters. The van der Waals surface area contributed by atoms with Gasteiger partial charge in [0.25, 0.3) is 0 Å². The number of sulfonamides is 1. The average Bonchev–Trinajstić information content (AvgIpc) is 3.16. The molecule has 0 saturated carbocycles. The third kappa shape index (κ3) is 3.10. The first-order valence-electron chi connectivity index (χ1n) is 10.1. The lowest BCUT2D eigenvalue weighted by Gasteiger charge is -2.32. The van der Waals surface area contributed by atoms with Crippen molar-refractivity contribution in [2.75, 3.05) is 13.1 Å². The second-order valence-electron chi connectivity index (χ2n) is 8.03. The second-order valence-corrected chi connectivity index (χ2v) is 9.92. The van der Waals surface area contributed by atoms with E-state index in [0.29, 0.717) is 11.4 Å². The van der Waals surface area contributed by atoms with Gasteiger partial charge in [0.15, 0.2) is 6.17 Å². The molecule has 4 nitrogen and oxygen atoms in total. The summed E-state index contributed by atoms with van der Waals surface area (Å²) in [6, 6.07) is 25.9. The molecule has 3 aromatic carbocycles. The van der Waals surface area contributed by atoms with Crippen LogP contribution in [0.1, 0.15) is 34.5 Å². The van der Waals surface area contributed by atoms with E-state index in [1.165, 1.54) is 16.0 Å². The Labute approximate surface area is 172 Å². The third-order valence-electron chi connectivity index (χ3n) is 6.31. The minimum atomic E-state index is -3.60. The van der Waals surface area contributed by atoms with E-state index in [1.54, 1.807) is 16.4 Å². The van der Waals surface area contributed by atoms with E-state index in [-0.39, 0.29) is 12.2 Å². The van der Waals surface area contributed by atoms with Crippen LogP contribution in [0.4, 0.5) is 0 Å². The predicted octanol–water partition coefficient (Wildman–Crippen LogP) is 2.88. The molecule has 3 aromatic rings. The molecular weight excluding hydrogens is 380 g/mol. The molecule has 3 atom stereocenters. The van der Waals surface area contributed by atoms with Gasteiger partial charge >= 0.3 is 0 Å². The monoisotopic (exact) mass is 405 g/mol. The molecular formula is C24H25N2O2S+. The van der Waals surface area contributed by atoms with Crippen LogP contribution in [0, 0.1) is 6.92 Å². The Bertz CT molecular complexity index is 1130. The maximum absolute atomic E-state index is 13.7. The van der Waals surface area contributed by atoms with Crippen molar-refractivity contribution in [2.24, 2.45) is 0 Å². The van der Waals surface area contributed by atoms with Crippen molar-refractivity contribution >= 4 is 10.0 Å². The lowest BCUT2D eigenvalue weighted by molar-refractivity contribution is -0.953. The fraction of sp³-hybridized carbons (Fsp3) is 0.250. The number of quaternary nitrogens is 1. The molecule has 29 heavy (non-hydrogen) atoms. The summed E-state index contributed by atoms with van der Waals surface area (Å²) < 4.78 is 29.1. The zero-order valence-electron chi connectivity index (χ0n) is 16.5. The molecule has 2 aliphatic heterocycles. The van der Waals surface area contributed by atoms with Crippen LogP contribution >= 0.6 is 0 Å². The summed E-state index contributed by atoms with van der Waals surface area (Å²) >= 11 is 0. The largest absolute Gasteiger partial charge is 0.308 e. The van der Waals surface area contributed by atoms with E-state index >= 15 is 0 Å². The summed E-state index contributed by atoms with van der Waals surface area (Å²) in [5.41, 5.74) is 4.75. The highest BCUT2D eigenvalue weighted by Crippen LogP contribution is 2.34. The van der Waals surface area contributed by atoms with Crippen molar-refractivity contribution in [1.29, 1.82) is 0 Å². The minimum Gasteiger partial charge on any atom is -0.308 e. The topological polar surface area (TPSA) is 41.8 Å². The number of aryl methyl sites for hydroxylation is 1. The Kier molecular flexibility index (Phi) is 4.54. The van der Waals surface area contributed by atoms with Gasteiger partial charge in [-0.2, -0.15) is 0 Å². The molecule has 2 aliphatic rings. The molecule has 148 valence electrons. The van der Waals surface area contributed by atoms with Gasteiger partial charge in [-0.15, -0.1) is 4.31 Å². The summed E-state index contributed by atoms with van der Waals surface area (Å²) in [6.07, 6.45) is 0.768. The highest BCUT2D eigenvalue weighted by Gasteiger charge is 2.52. The van der Waals surface area contributed by atoms with Crippen LogP contribution in [0.5, 0.6) is 0 Å². The van der Waals surface area contributed by atoms with Gasteiger partial charge in [-0.25, -0.2) is 8.42 Å². The molecule has 0 aromatic heterocycles. The molecule has 0 radical (unpaired) electrons. The van der Waals surface area contributed by atoms with E-state index in [0.717, 1.165) is 24.1 Å². The van der Waals surface area contributed by atoms with Crippen molar-refractivity contribution in [3.05, 3.63) is 101 Å². The van der Waals surface area contributed by atoms with Gasteiger partial charge in [-0.05, 0) is 24.6 Å². The average molecular weight is 406 g/mol. The number of nitrogens with zero attached hydrogens (tertiary/aromatic N) is 1. The summed E-state index contributed by atoms with van der Waals surface area (Å²) in [7, 11) is -3.60. The van der Waals surface area contributed by atoms with E-state index in [1.807, 2.05) is 37.3 Å². The van der Waals surface area contributed by atoms with Crippen LogP contribution in [-0.2, 0) is 16.4 Å². The first-order chi connectivity index (χ1) is 14.1. The van der Waals surface area contributed by atoms with Gasteiger partial charge in [-0.3, -0.25) is 0 Å². The molecule has 0 amide bonds. The Balaban J connectivity index is 1.63. The number of benzene rings is 3. The van der Waals surface area contributed by atoms with Crippen molar-refractivity contribution in [3.8, 4) is 0 Å².